The maximum absolute atomic E-state index is 12.2. The zero-order chi connectivity index (χ0) is 18.8. The maximum atomic E-state index is 12.2. The molecule has 0 bridgehead atoms. The summed E-state index contributed by atoms with van der Waals surface area (Å²) in [6.45, 7) is 0.710. The smallest absolute Gasteiger partial charge is 0.244 e. The Hall–Kier alpha value is -2.92. The standard InChI is InChI=1S/C21H25N3O2/c1-24(2)16-19(18-11-7-4-8-12-18)23-21(26)15-22-20(25)14-13-17-9-5-3-6-10-17/h3-14,19H,15-16H2,1-2H3,(H,22,25)(H,23,26)/p+1/b14-13+/t19-/m1/s1. The molecule has 136 valence electrons. The average molecular weight is 352 g/mol. The van der Waals surface area contributed by atoms with Crippen LogP contribution in [0.2, 0.25) is 0 Å². The van der Waals surface area contributed by atoms with Gasteiger partial charge in [0.2, 0.25) is 11.8 Å². The first-order chi connectivity index (χ1) is 12.5. The van der Waals surface area contributed by atoms with Crippen molar-refractivity contribution in [3.05, 3.63) is 77.9 Å². The summed E-state index contributed by atoms with van der Waals surface area (Å²) >= 11 is 0. The molecule has 0 fully saturated rings. The Kier molecular flexibility index (Phi) is 7.58. The van der Waals surface area contributed by atoms with Gasteiger partial charge in [0.15, 0.2) is 0 Å². The SMILES string of the molecule is C[NH+](C)C[C@@H](NC(=O)CNC(=O)/C=C/c1ccccc1)c1ccccc1. The minimum atomic E-state index is -0.293. The fraction of sp³-hybridized carbons (Fsp3) is 0.238. The lowest BCUT2D eigenvalue weighted by atomic mass is 10.1. The number of benzene rings is 2. The lowest BCUT2D eigenvalue weighted by Crippen LogP contribution is -3.06. The average Bonchev–Trinajstić information content (AvgIpc) is 2.65. The van der Waals surface area contributed by atoms with Crippen LogP contribution < -0.4 is 15.5 Å². The predicted molar refractivity (Wildman–Crippen MR) is 103 cm³/mol. The topological polar surface area (TPSA) is 62.6 Å². The van der Waals surface area contributed by atoms with Gasteiger partial charge in [-0.3, -0.25) is 9.59 Å². The van der Waals surface area contributed by atoms with Crippen molar-refractivity contribution in [3.8, 4) is 0 Å². The molecule has 0 aromatic heterocycles. The Bertz CT molecular complexity index is 727. The van der Waals surface area contributed by atoms with Crippen molar-refractivity contribution >= 4 is 17.9 Å². The highest BCUT2D eigenvalue weighted by Gasteiger charge is 2.17. The second-order valence-electron chi connectivity index (χ2n) is 6.40. The molecule has 0 saturated carbocycles. The molecule has 1 atom stereocenters. The van der Waals surface area contributed by atoms with E-state index in [0.29, 0.717) is 0 Å². The van der Waals surface area contributed by atoms with Crippen LogP contribution >= 0.6 is 0 Å². The summed E-state index contributed by atoms with van der Waals surface area (Å²) in [6, 6.07) is 19.3. The number of hydrogen-bond donors (Lipinski definition) is 3. The molecular formula is C21H26N3O2+. The van der Waals surface area contributed by atoms with Gasteiger partial charge in [0.1, 0.15) is 12.6 Å². The quantitative estimate of drug-likeness (QED) is 0.616. The molecular weight excluding hydrogens is 326 g/mol. The van der Waals surface area contributed by atoms with Crippen molar-refractivity contribution in [2.45, 2.75) is 6.04 Å². The molecule has 2 rings (SSSR count). The summed E-state index contributed by atoms with van der Waals surface area (Å²) in [5.74, 6) is -0.500. The van der Waals surface area contributed by atoms with Gasteiger partial charge < -0.3 is 15.5 Å². The lowest BCUT2D eigenvalue weighted by Gasteiger charge is -2.21. The van der Waals surface area contributed by atoms with E-state index in [0.717, 1.165) is 17.7 Å². The fourth-order valence-corrected chi connectivity index (χ4v) is 2.55. The number of nitrogens with one attached hydrogen (secondary N) is 3. The molecule has 0 unspecified atom stereocenters. The Balaban J connectivity index is 1.85. The molecule has 5 heteroatoms. The summed E-state index contributed by atoms with van der Waals surface area (Å²) in [4.78, 5) is 25.3. The molecule has 0 spiro atoms. The van der Waals surface area contributed by atoms with E-state index in [1.807, 2.05) is 74.8 Å². The number of rotatable bonds is 8. The van der Waals surface area contributed by atoms with Gasteiger partial charge in [0.25, 0.3) is 0 Å². The molecule has 0 radical (unpaired) electrons. The molecule has 5 nitrogen and oxygen atoms in total. The van der Waals surface area contributed by atoms with E-state index in [1.165, 1.54) is 11.0 Å². The fourth-order valence-electron chi connectivity index (χ4n) is 2.55. The first-order valence-corrected chi connectivity index (χ1v) is 8.69. The van der Waals surface area contributed by atoms with E-state index in [-0.39, 0.29) is 24.4 Å². The maximum Gasteiger partial charge on any atom is 0.244 e. The Morgan fingerprint density at radius 1 is 1.00 bits per heavy atom. The van der Waals surface area contributed by atoms with E-state index in [4.69, 9.17) is 0 Å². The van der Waals surface area contributed by atoms with Crippen molar-refractivity contribution in [1.29, 1.82) is 0 Å². The molecule has 0 aliphatic rings. The van der Waals surface area contributed by atoms with Gasteiger partial charge in [-0.1, -0.05) is 60.7 Å². The summed E-state index contributed by atoms with van der Waals surface area (Å²) in [6.07, 6.45) is 3.15. The van der Waals surface area contributed by atoms with Gasteiger partial charge in [-0.25, -0.2) is 0 Å². The third-order valence-corrected chi connectivity index (χ3v) is 3.80. The zero-order valence-corrected chi connectivity index (χ0v) is 15.2. The summed E-state index contributed by atoms with van der Waals surface area (Å²) < 4.78 is 0. The highest BCUT2D eigenvalue weighted by atomic mass is 16.2. The van der Waals surface area contributed by atoms with E-state index in [2.05, 4.69) is 10.6 Å². The summed E-state index contributed by atoms with van der Waals surface area (Å²) in [5, 5.41) is 5.61. The zero-order valence-electron chi connectivity index (χ0n) is 15.2. The number of amides is 2. The Morgan fingerprint density at radius 2 is 1.62 bits per heavy atom. The lowest BCUT2D eigenvalue weighted by molar-refractivity contribution is -0.860. The molecule has 26 heavy (non-hydrogen) atoms. The second-order valence-corrected chi connectivity index (χ2v) is 6.40. The van der Waals surface area contributed by atoms with E-state index < -0.39 is 0 Å². The Morgan fingerprint density at radius 3 is 2.23 bits per heavy atom. The van der Waals surface area contributed by atoms with Gasteiger partial charge in [0.05, 0.1) is 20.6 Å². The number of carbonyl (C=O) groups is 2. The second kappa shape index (κ2) is 10.2. The van der Waals surface area contributed by atoms with Crippen LogP contribution in [0.3, 0.4) is 0 Å². The largest absolute Gasteiger partial charge is 0.343 e. The van der Waals surface area contributed by atoms with Gasteiger partial charge >= 0.3 is 0 Å². The summed E-state index contributed by atoms with van der Waals surface area (Å²) in [7, 11) is 4.08. The molecule has 0 aliphatic carbocycles. The van der Waals surface area contributed by atoms with Crippen LogP contribution in [0.25, 0.3) is 6.08 Å². The van der Waals surface area contributed by atoms with Crippen LogP contribution in [0.4, 0.5) is 0 Å². The highest BCUT2D eigenvalue weighted by molar-refractivity contribution is 5.94. The van der Waals surface area contributed by atoms with Crippen LogP contribution in [-0.2, 0) is 9.59 Å². The number of likely N-dealkylation sites (N-methyl/N-ethyl adjacent to an activating group) is 1. The molecule has 0 heterocycles. The van der Waals surface area contributed by atoms with E-state index in [1.54, 1.807) is 6.08 Å². The Labute approximate surface area is 154 Å². The van der Waals surface area contributed by atoms with E-state index >= 15 is 0 Å². The van der Waals surface area contributed by atoms with Crippen LogP contribution in [0.15, 0.2) is 66.7 Å². The van der Waals surface area contributed by atoms with Gasteiger partial charge in [-0.2, -0.15) is 0 Å². The van der Waals surface area contributed by atoms with Gasteiger partial charge in [0, 0.05) is 6.08 Å². The number of carbonyl (C=O) groups excluding carboxylic acids is 2. The first-order valence-electron chi connectivity index (χ1n) is 8.69. The molecule has 3 N–H and O–H groups in total. The first kappa shape index (κ1) is 19.4. The minimum absolute atomic E-state index is 0.0515. The van der Waals surface area contributed by atoms with Gasteiger partial charge in [-0.05, 0) is 17.2 Å². The third kappa shape index (κ3) is 6.91. The number of quaternary nitrogens is 1. The summed E-state index contributed by atoms with van der Waals surface area (Å²) in [5.41, 5.74) is 1.99. The molecule has 2 aromatic rings. The van der Waals surface area contributed by atoms with Gasteiger partial charge in [-0.15, -0.1) is 0 Å². The third-order valence-electron chi connectivity index (χ3n) is 3.80. The molecule has 2 aromatic carbocycles. The van der Waals surface area contributed by atoms with Crippen molar-refractivity contribution in [2.75, 3.05) is 27.2 Å². The van der Waals surface area contributed by atoms with Crippen LogP contribution in [0.5, 0.6) is 0 Å². The normalized spacial score (nSPS) is 12.1. The van der Waals surface area contributed by atoms with Crippen molar-refractivity contribution < 1.29 is 14.5 Å². The highest BCUT2D eigenvalue weighted by Crippen LogP contribution is 2.10. The number of hydrogen-bond acceptors (Lipinski definition) is 2. The van der Waals surface area contributed by atoms with Crippen molar-refractivity contribution in [3.63, 3.8) is 0 Å². The van der Waals surface area contributed by atoms with Crippen LogP contribution in [0, 0.1) is 0 Å². The predicted octanol–water partition coefficient (Wildman–Crippen LogP) is 0.818. The minimum Gasteiger partial charge on any atom is -0.343 e. The van der Waals surface area contributed by atoms with Crippen molar-refractivity contribution in [1.82, 2.24) is 10.6 Å². The van der Waals surface area contributed by atoms with Crippen LogP contribution in [-0.4, -0.2) is 39.0 Å². The molecule has 2 amide bonds. The van der Waals surface area contributed by atoms with Crippen molar-refractivity contribution in [2.24, 2.45) is 0 Å². The molecule has 0 saturated heterocycles. The van der Waals surface area contributed by atoms with Crippen LogP contribution in [0.1, 0.15) is 17.2 Å². The van der Waals surface area contributed by atoms with E-state index in [9.17, 15) is 9.59 Å². The molecule has 0 aliphatic heterocycles. The monoisotopic (exact) mass is 352 g/mol.